The molecule has 0 aromatic heterocycles. The van der Waals surface area contributed by atoms with Crippen molar-refractivity contribution in [3.63, 3.8) is 0 Å². The van der Waals surface area contributed by atoms with Gasteiger partial charge in [0.2, 0.25) is 5.91 Å². The molecule has 0 radical (unpaired) electrons. The van der Waals surface area contributed by atoms with Crippen LogP contribution in [0.3, 0.4) is 0 Å². The molecule has 0 saturated carbocycles. The molecule has 0 atom stereocenters. The molecule has 0 saturated heterocycles. The van der Waals surface area contributed by atoms with Crippen molar-refractivity contribution in [2.24, 2.45) is 0 Å². The summed E-state index contributed by atoms with van der Waals surface area (Å²) in [6.07, 6.45) is 6.38. The molecule has 0 spiro atoms. The summed E-state index contributed by atoms with van der Waals surface area (Å²) >= 11 is 0. The van der Waals surface area contributed by atoms with Crippen molar-refractivity contribution in [2.75, 3.05) is 19.8 Å². The molecule has 0 aliphatic rings. The van der Waals surface area contributed by atoms with Gasteiger partial charge in [-0.3, -0.25) is 4.79 Å². The number of aliphatic hydroxyl groups is 1. The van der Waals surface area contributed by atoms with Crippen molar-refractivity contribution >= 4 is 12.0 Å². The third-order valence-corrected chi connectivity index (χ3v) is 3.69. The number of hydrogen-bond donors (Lipinski definition) is 2. The molecule has 25 heavy (non-hydrogen) atoms. The van der Waals surface area contributed by atoms with Crippen LogP contribution in [0.25, 0.3) is 6.08 Å². The summed E-state index contributed by atoms with van der Waals surface area (Å²) in [5.41, 5.74) is 2.29. The van der Waals surface area contributed by atoms with Gasteiger partial charge < -0.3 is 15.2 Å². The smallest absolute Gasteiger partial charge is 0.244 e. The third kappa shape index (κ3) is 7.68. The Bertz CT molecular complexity index is 651. The molecule has 1 amide bonds. The Morgan fingerprint density at radius 3 is 2.52 bits per heavy atom. The van der Waals surface area contributed by atoms with Gasteiger partial charge in [0.25, 0.3) is 0 Å². The fourth-order valence-electron chi connectivity index (χ4n) is 2.35. The van der Waals surface area contributed by atoms with E-state index in [2.05, 4.69) is 29.6 Å². The molecule has 2 aromatic carbocycles. The Morgan fingerprint density at radius 1 is 1.04 bits per heavy atom. The van der Waals surface area contributed by atoms with Crippen LogP contribution in [0.4, 0.5) is 0 Å². The second kappa shape index (κ2) is 11.0. The minimum Gasteiger partial charge on any atom is -0.494 e. The Morgan fingerprint density at radius 2 is 1.80 bits per heavy atom. The summed E-state index contributed by atoms with van der Waals surface area (Å²) in [5.74, 6) is 0.620. The van der Waals surface area contributed by atoms with Crippen molar-refractivity contribution < 1.29 is 14.6 Å². The van der Waals surface area contributed by atoms with Crippen LogP contribution < -0.4 is 10.1 Å². The number of aliphatic hydroxyl groups excluding tert-OH is 1. The number of carbonyl (C=O) groups is 1. The van der Waals surface area contributed by atoms with Gasteiger partial charge in [0.1, 0.15) is 5.75 Å². The number of rotatable bonds is 10. The van der Waals surface area contributed by atoms with E-state index < -0.39 is 0 Å². The molecule has 0 bridgehead atoms. The summed E-state index contributed by atoms with van der Waals surface area (Å²) in [7, 11) is 0. The van der Waals surface area contributed by atoms with Gasteiger partial charge in [-0.2, -0.15) is 0 Å². The Kier molecular flexibility index (Phi) is 8.29. The van der Waals surface area contributed by atoms with Gasteiger partial charge in [0, 0.05) is 12.6 Å². The summed E-state index contributed by atoms with van der Waals surface area (Å²) in [4.78, 5) is 11.4. The second-order valence-electron chi connectivity index (χ2n) is 5.71. The summed E-state index contributed by atoms with van der Waals surface area (Å²) in [6.45, 7) is 0.906. The van der Waals surface area contributed by atoms with Crippen LogP contribution in [0.2, 0.25) is 0 Å². The van der Waals surface area contributed by atoms with E-state index in [0.29, 0.717) is 6.61 Å². The van der Waals surface area contributed by atoms with Crippen molar-refractivity contribution in [3.8, 4) is 5.75 Å². The molecule has 0 aliphatic carbocycles. The molecular weight excluding hydrogens is 314 g/mol. The van der Waals surface area contributed by atoms with Crippen LogP contribution in [0.1, 0.15) is 24.0 Å². The first-order chi connectivity index (χ1) is 12.3. The van der Waals surface area contributed by atoms with Crippen LogP contribution in [0.5, 0.6) is 5.75 Å². The second-order valence-corrected chi connectivity index (χ2v) is 5.71. The summed E-state index contributed by atoms with van der Waals surface area (Å²) in [5, 5.41) is 11.2. The van der Waals surface area contributed by atoms with Crippen LogP contribution in [-0.4, -0.2) is 30.8 Å². The molecule has 2 rings (SSSR count). The topological polar surface area (TPSA) is 58.6 Å². The number of unbranched alkanes of at least 4 members (excludes halogenated alkanes) is 1. The molecule has 0 fully saturated rings. The Balaban J connectivity index is 1.66. The highest BCUT2D eigenvalue weighted by Gasteiger charge is 1.97. The van der Waals surface area contributed by atoms with Crippen LogP contribution in [0, 0.1) is 0 Å². The maximum Gasteiger partial charge on any atom is 0.244 e. The minimum absolute atomic E-state index is 0.0586. The molecular formula is C21H25NO3. The molecule has 2 aromatic rings. The van der Waals surface area contributed by atoms with Crippen LogP contribution in [-0.2, 0) is 11.2 Å². The van der Waals surface area contributed by atoms with E-state index in [4.69, 9.17) is 9.84 Å². The molecule has 132 valence electrons. The van der Waals surface area contributed by atoms with Gasteiger partial charge in [-0.15, -0.1) is 0 Å². The van der Waals surface area contributed by atoms with E-state index in [9.17, 15) is 4.79 Å². The van der Waals surface area contributed by atoms with Gasteiger partial charge in [-0.05, 0) is 48.6 Å². The van der Waals surface area contributed by atoms with Gasteiger partial charge in [-0.25, -0.2) is 0 Å². The highest BCUT2D eigenvalue weighted by molar-refractivity contribution is 5.91. The van der Waals surface area contributed by atoms with E-state index in [1.165, 1.54) is 11.6 Å². The quantitative estimate of drug-likeness (QED) is 0.516. The first kappa shape index (κ1) is 18.7. The number of carbonyl (C=O) groups excluding carboxylic acids is 1. The summed E-state index contributed by atoms with van der Waals surface area (Å²) < 4.78 is 5.75. The molecule has 0 heterocycles. The first-order valence-corrected chi connectivity index (χ1v) is 8.61. The number of benzene rings is 2. The zero-order chi connectivity index (χ0) is 17.7. The third-order valence-electron chi connectivity index (χ3n) is 3.69. The average molecular weight is 339 g/mol. The van der Waals surface area contributed by atoms with E-state index in [-0.39, 0.29) is 19.1 Å². The largest absolute Gasteiger partial charge is 0.494 e. The SMILES string of the molecule is O=C(/C=C/c1ccc(OCCCCc2ccccc2)cc1)NCCO. The normalized spacial score (nSPS) is 10.8. The molecule has 2 N–H and O–H groups in total. The lowest BCUT2D eigenvalue weighted by Crippen LogP contribution is -2.24. The fourth-order valence-corrected chi connectivity index (χ4v) is 2.35. The highest BCUT2D eigenvalue weighted by atomic mass is 16.5. The molecule has 4 heteroatoms. The van der Waals surface area contributed by atoms with Gasteiger partial charge in [0.15, 0.2) is 0 Å². The lowest BCUT2D eigenvalue weighted by Gasteiger charge is -2.06. The van der Waals surface area contributed by atoms with E-state index in [0.717, 1.165) is 30.6 Å². The summed E-state index contributed by atoms with van der Waals surface area (Å²) in [6, 6.07) is 18.1. The monoisotopic (exact) mass is 339 g/mol. The van der Waals surface area contributed by atoms with Crippen molar-refractivity contribution in [2.45, 2.75) is 19.3 Å². The molecule has 0 unspecified atom stereocenters. The average Bonchev–Trinajstić information content (AvgIpc) is 2.66. The zero-order valence-electron chi connectivity index (χ0n) is 14.4. The highest BCUT2D eigenvalue weighted by Crippen LogP contribution is 2.14. The predicted molar refractivity (Wildman–Crippen MR) is 100 cm³/mol. The predicted octanol–water partition coefficient (Wildman–Crippen LogP) is 3.21. The lowest BCUT2D eigenvalue weighted by atomic mass is 10.1. The van der Waals surface area contributed by atoms with Crippen molar-refractivity contribution in [3.05, 3.63) is 71.8 Å². The van der Waals surface area contributed by atoms with E-state index >= 15 is 0 Å². The Labute approximate surface area is 149 Å². The standard InChI is InChI=1S/C21H25NO3/c23-16-15-22-21(24)14-11-19-9-12-20(13-10-19)25-17-5-4-8-18-6-2-1-3-7-18/h1-3,6-7,9-14,23H,4-5,8,15-17H2,(H,22,24)/b14-11+. The van der Waals surface area contributed by atoms with Crippen LogP contribution >= 0.6 is 0 Å². The van der Waals surface area contributed by atoms with Gasteiger partial charge in [-0.1, -0.05) is 42.5 Å². The van der Waals surface area contributed by atoms with Crippen LogP contribution in [0.15, 0.2) is 60.7 Å². The number of aryl methyl sites for hydroxylation is 1. The van der Waals surface area contributed by atoms with E-state index in [1.807, 2.05) is 30.3 Å². The molecule has 4 nitrogen and oxygen atoms in total. The lowest BCUT2D eigenvalue weighted by molar-refractivity contribution is -0.116. The number of hydrogen-bond acceptors (Lipinski definition) is 3. The molecule has 0 aliphatic heterocycles. The number of ether oxygens (including phenoxy) is 1. The van der Waals surface area contributed by atoms with Crippen molar-refractivity contribution in [1.29, 1.82) is 0 Å². The van der Waals surface area contributed by atoms with E-state index in [1.54, 1.807) is 6.08 Å². The first-order valence-electron chi connectivity index (χ1n) is 8.61. The number of amides is 1. The zero-order valence-corrected chi connectivity index (χ0v) is 14.4. The fraction of sp³-hybridized carbons (Fsp3) is 0.286. The minimum atomic E-state index is -0.215. The number of nitrogens with one attached hydrogen (secondary N) is 1. The maximum absolute atomic E-state index is 11.4. The maximum atomic E-state index is 11.4. The van der Waals surface area contributed by atoms with Crippen molar-refractivity contribution in [1.82, 2.24) is 5.32 Å². The van der Waals surface area contributed by atoms with Gasteiger partial charge in [0.05, 0.1) is 13.2 Å². The van der Waals surface area contributed by atoms with Gasteiger partial charge >= 0.3 is 0 Å². The Hall–Kier alpha value is -2.59.